The zero-order chi connectivity index (χ0) is 49.1. The number of likely N-dealkylation sites (tertiary alicyclic amines) is 1. The van der Waals surface area contributed by atoms with Gasteiger partial charge in [0.15, 0.2) is 5.72 Å². The van der Waals surface area contributed by atoms with Crippen LogP contribution in [0.3, 0.4) is 0 Å². The summed E-state index contributed by atoms with van der Waals surface area (Å²) in [5.41, 5.74) is 4.31. The summed E-state index contributed by atoms with van der Waals surface area (Å²) in [5, 5.41) is 13.9. The summed E-state index contributed by atoms with van der Waals surface area (Å²) in [4.78, 5) is 96.5. The second kappa shape index (κ2) is 21.3. The number of anilines is 1. The van der Waals surface area contributed by atoms with Gasteiger partial charge in [-0.2, -0.15) is 0 Å². The third-order valence-electron chi connectivity index (χ3n) is 14.1. The number of carbonyl (C=O) groups excluding carboxylic acids is 7. The molecule has 5 aliphatic rings. The van der Waals surface area contributed by atoms with Gasteiger partial charge in [-0.25, -0.2) is 9.59 Å². The number of benzene rings is 1. The minimum atomic E-state index is -1.87. The van der Waals surface area contributed by atoms with Gasteiger partial charge in [-0.1, -0.05) is 42.3 Å². The molecule has 4 N–H and O–H groups in total. The van der Waals surface area contributed by atoms with Crippen molar-refractivity contribution in [2.75, 3.05) is 45.5 Å². The monoisotopic (exact) mass is 973 g/mol. The highest BCUT2D eigenvalue weighted by atomic mass is 35.5. The lowest BCUT2D eigenvalue weighted by molar-refractivity contribution is -0.162. The average Bonchev–Trinajstić information content (AvgIpc) is 3.91. The predicted molar refractivity (Wildman–Crippen MR) is 248 cm³/mol. The molecule has 0 spiro atoms. The van der Waals surface area contributed by atoms with Crippen LogP contribution in [-0.2, 0) is 54.1 Å². The minimum Gasteiger partial charge on any atom is -0.495 e. The number of alkyl carbamates (subject to hydrolysis) is 1. The van der Waals surface area contributed by atoms with Crippen LogP contribution >= 0.6 is 23.4 Å². The van der Waals surface area contributed by atoms with E-state index in [0.717, 1.165) is 11.1 Å². The number of hydrogen-bond acceptors (Lipinski definition) is 14. The molecule has 4 bridgehead atoms. The SMILES string of the molecule is COc1cc2cc(c1Cl)N(C)C(=O)C[C@H](OC(=O)[C@H](C)N(C)C(=O)CCSC1CC(=O)N(CC3CCC(C(N)=O)CC3)C1=O)[C@]1(C)OC1[C@H](C)[C@@H]1C[C@@](O)(NC(=O)O1)[C@H](OC)/C=C/C=C(\C)C2. The van der Waals surface area contributed by atoms with Crippen LogP contribution in [0.15, 0.2) is 35.9 Å². The largest absolute Gasteiger partial charge is 0.495 e. The molecule has 4 heterocycles. The number of nitrogens with zero attached hydrogens (tertiary/aromatic N) is 3. The van der Waals surface area contributed by atoms with Crippen molar-refractivity contribution < 1.29 is 62.4 Å². The number of hydrogen-bond donors (Lipinski definition) is 3. The molecule has 2 unspecified atom stereocenters. The van der Waals surface area contributed by atoms with E-state index in [9.17, 15) is 38.7 Å². The van der Waals surface area contributed by atoms with Gasteiger partial charge in [-0.05, 0) is 76.5 Å². The molecule has 4 aliphatic heterocycles. The predicted octanol–water partition coefficient (Wildman–Crippen LogP) is 4.06. The molecule has 4 fully saturated rings. The molecule has 368 valence electrons. The number of fused-ring (bicyclic) bond motifs is 5. The zero-order valence-corrected chi connectivity index (χ0v) is 41.0. The number of halogens is 1. The molecule has 9 atom stereocenters. The van der Waals surface area contributed by atoms with Gasteiger partial charge in [0, 0.05) is 64.6 Å². The van der Waals surface area contributed by atoms with Crippen LogP contribution in [0.1, 0.15) is 84.6 Å². The molecule has 0 aromatic heterocycles. The van der Waals surface area contributed by atoms with Gasteiger partial charge in [0.1, 0.15) is 40.7 Å². The van der Waals surface area contributed by atoms with E-state index in [2.05, 4.69) is 5.32 Å². The number of likely N-dealkylation sites (N-methyl/N-ethyl adjacent to an activating group) is 1. The molecule has 18 nitrogen and oxygen atoms in total. The molecule has 6 rings (SSSR count). The van der Waals surface area contributed by atoms with Crippen LogP contribution < -0.4 is 20.7 Å². The number of thioether (sulfide) groups is 1. The Bertz CT molecular complexity index is 2170. The summed E-state index contributed by atoms with van der Waals surface area (Å²) in [5.74, 6) is -2.71. The van der Waals surface area contributed by atoms with Crippen molar-refractivity contribution in [1.29, 1.82) is 0 Å². The molecular weight excluding hydrogens is 910 g/mol. The minimum absolute atomic E-state index is 0.0246. The average molecular weight is 975 g/mol. The van der Waals surface area contributed by atoms with Crippen LogP contribution in [0.5, 0.6) is 5.75 Å². The number of primary amides is 1. The fourth-order valence-corrected chi connectivity index (χ4v) is 11.0. The quantitative estimate of drug-likeness (QED) is 0.152. The first-order chi connectivity index (χ1) is 31.6. The summed E-state index contributed by atoms with van der Waals surface area (Å²) in [6.45, 7) is 7.16. The molecule has 1 saturated carbocycles. The van der Waals surface area contributed by atoms with E-state index in [1.165, 1.54) is 54.7 Å². The fraction of sp³-hybridized carbons (Fsp3) is 0.638. The zero-order valence-electron chi connectivity index (χ0n) is 39.4. The number of nitrogens with one attached hydrogen (secondary N) is 1. The van der Waals surface area contributed by atoms with Gasteiger partial charge < -0.3 is 44.3 Å². The Hall–Kier alpha value is -4.69. The van der Waals surface area contributed by atoms with Crippen molar-refractivity contribution in [2.24, 2.45) is 23.5 Å². The maximum atomic E-state index is 14.3. The molecule has 1 aliphatic carbocycles. The first-order valence-electron chi connectivity index (χ1n) is 22.7. The van der Waals surface area contributed by atoms with Gasteiger partial charge in [0.2, 0.25) is 29.5 Å². The standard InChI is InChI=1S/C47H64ClN5O13S/c1-25-10-9-11-35(63-8)47(61)23-33(64-45(60)50-47)26(2)41-46(4,66-41)36(22-38(55)52(6)31-19-29(18-25)20-32(62-7)40(31)48)65-44(59)27(3)51(5)37(54)16-17-67-34-21-39(56)53(43(34)58)24-28-12-14-30(15-13-28)42(49)57/h9-11,19-20,26-28,30,33-36,41,61H,12-18,21-24H2,1-8H3,(H2,49,57)(H,50,60)/b11-9+,25-10+/t26-,27+,28?,30?,33+,34?,35-,36+,41?,46+,47+/m1/s1. The molecule has 6 amide bonds. The number of nitrogens with two attached hydrogens (primary N) is 1. The lowest BCUT2D eigenvalue weighted by Crippen LogP contribution is -2.63. The van der Waals surface area contributed by atoms with Crippen molar-refractivity contribution >= 4 is 70.6 Å². The number of ether oxygens (including phenoxy) is 5. The Morgan fingerprint density at radius 2 is 1.81 bits per heavy atom. The van der Waals surface area contributed by atoms with E-state index < -0.39 is 76.8 Å². The van der Waals surface area contributed by atoms with E-state index in [1.54, 1.807) is 45.2 Å². The maximum absolute atomic E-state index is 14.3. The van der Waals surface area contributed by atoms with Gasteiger partial charge in [-0.15, -0.1) is 11.8 Å². The number of carbonyl (C=O) groups is 7. The number of rotatable bonds is 12. The highest BCUT2D eigenvalue weighted by Crippen LogP contribution is 2.49. The number of allylic oxidation sites excluding steroid dienone is 3. The number of amides is 6. The maximum Gasteiger partial charge on any atom is 0.409 e. The van der Waals surface area contributed by atoms with Gasteiger partial charge >= 0.3 is 12.1 Å². The molecular formula is C47H64ClN5O13S. The summed E-state index contributed by atoms with van der Waals surface area (Å²) in [6, 6.07) is 2.42. The summed E-state index contributed by atoms with van der Waals surface area (Å²) >= 11 is 8.02. The van der Waals surface area contributed by atoms with Crippen LogP contribution in [0.25, 0.3) is 0 Å². The van der Waals surface area contributed by atoms with Crippen molar-refractivity contribution in [3.63, 3.8) is 0 Å². The lowest BCUT2D eigenvalue weighted by Gasteiger charge is -2.42. The Morgan fingerprint density at radius 3 is 2.46 bits per heavy atom. The number of imide groups is 1. The van der Waals surface area contributed by atoms with E-state index >= 15 is 0 Å². The van der Waals surface area contributed by atoms with Crippen LogP contribution in [0.2, 0.25) is 5.02 Å². The lowest BCUT2D eigenvalue weighted by atomic mass is 9.81. The number of epoxide rings is 1. The Kier molecular flexibility index (Phi) is 16.4. The van der Waals surface area contributed by atoms with Crippen LogP contribution in [-0.4, -0.2) is 144 Å². The second-order valence-electron chi connectivity index (χ2n) is 18.7. The summed E-state index contributed by atoms with van der Waals surface area (Å²) < 4.78 is 29.4. The molecule has 1 aromatic rings. The molecule has 3 saturated heterocycles. The Labute approximate surface area is 400 Å². The van der Waals surface area contributed by atoms with Gasteiger partial charge in [0.25, 0.3) is 0 Å². The number of aliphatic hydroxyl groups is 1. The third-order valence-corrected chi connectivity index (χ3v) is 15.6. The normalized spacial score (nSPS) is 33.1. The van der Waals surface area contributed by atoms with Crippen molar-refractivity contribution in [3.05, 3.63) is 46.5 Å². The third kappa shape index (κ3) is 11.6. The second-order valence-corrected chi connectivity index (χ2v) is 20.4. The van der Waals surface area contributed by atoms with Gasteiger partial charge in [0.05, 0.1) is 30.6 Å². The first-order valence-corrected chi connectivity index (χ1v) is 24.1. The van der Waals surface area contributed by atoms with E-state index in [-0.39, 0.29) is 66.0 Å². The topological polar surface area (TPSA) is 237 Å². The van der Waals surface area contributed by atoms with Crippen LogP contribution in [0.4, 0.5) is 10.5 Å². The first kappa shape index (κ1) is 51.7. The highest BCUT2D eigenvalue weighted by Gasteiger charge is 2.64. The van der Waals surface area contributed by atoms with Crippen molar-refractivity contribution in [1.82, 2.24) is 15.1 Å². The van der Waals surface area contributed by atoms with Crippen LogP contribution in [0, 0.1) is 17.8 Å². The van der Waals surface area contributed by atoms with Crippen molar-refractivity contribution in [3.8, 4) is 5.75 Å². The Balaban J connectivity index is 1.16. The number of esters is 1. The van der Waals surface area contributed by atoms with E-state index in [4.69, 9.17) is 41.0 Å². The molecule has 0 radical (unpaired) electrons. The van der Waals surface area contributed by atoms with Gasteiger partial charge in [-0.3, -0.25) is 34.2 Å². The smallest absolute Gasteiger partial charge is 0.409 e. The fourth-order valence-electron chi connectivity index (χ4n) is 9.55. The number of methoxy groups -OCH3 is 2. The molecule has 1 aromatic carbocycles. The summed E-state index contributed by atoms with van der Waals surface area (Å²) in [6.07, 6.45) is 3.11. The molecule has 67 heavy (non-hydrogen) atoms. The molecule has 20 heteroatoms. The highest BCUT2D eigenvalue weighted by molar-refractivity contribution is 8.00. The van der Waals surface area contributed by atoms with Crippen molar-refractivity contribution in [2.45, 2.75) is 133 Å². The Morgan fingerprint density at radius 1 is 1.10 bits per heavy atom. The summed E-state index contributed by atoms with van der Waals surface area (Å²) in [7, 11) is 5.89. The van der Waals surface area contributed by atoms with E-state index in [1.807, 2.05) is 13.0 Å². The van der Waals surface area contributed by atoms with E-state index in [0.29, 0.717) is 50.1 Å².